The number of hydrogen-bond acceptors (Lipinski definition) is 3. The van der Waals surface area contributed by atoms with Crippen LogP contribution >= 0.6 is 15.9 Å². The summed E-state index contributed by atoms with van der Waals surface area (Å²) in [6.07, 6.45) is 0. The second-order valence-electron chi connectivity index (χ2n) is 5.82. The van der Waals surface area contributed by atoms with Crippen LogP contribution in [0.2, 0.25) is 0 Å². The molecule has 0 amide bonds. The van der Waals surface area contributed by atoms with Crippen LogP contribution in [0.1, 0.15) is 6.92 Å². The van der Waals surface area contributed by atoms with Gasteiger partial charge in [0.15, 0.2) is 0 Å². The Labute approximate surface area is 133 Å². The van der Waals surface area contributed by atoms with Crippen molar-refractivity contribution in [1.82, 2.24) is 9.13 Å². The van der Waals surface area contributed by atoms with Crippen LogP contribution < -0.4 is 5.56 Å². The van der Waals surface area contributed by atoms with E-state index in [2.05, 4.69) is 20.5 Å². The fraction of sp³-hybridized carbons (Fsp3) is 0.267. The maximum atomic E-state index is 12.4. The molecule has 0 unspecified atom stereocenters. The average Bonchev–Trinajstić information content (AvgIpc) is 2.76. The Morgan fingerprint density at radius 3 is 2.68 bits per heavy atom. The zero-order valence-electron chi connectivity index (χ0n) is 11.7. The molecule has 4 rings (SSSR count). The van der Waals surface area contributed by atoms with Gasteiger partial charge in [0.2, 0.25) is 0 Å². The minimum atomic E-state index is -0.592. The number of nitro groups is 1. The lowest BCUT2D eigenvalue weighted by molar-refractivity contribution is -0.386. The largest absolute Gasteiger partial charge is 0.334 e. The molecule has 0 N–H and O–H groups in total. The molecule has 0 saturated carbocycles. The summed E-state index contributed by atoms with van der Waals surface area (Å²) in [5, 5.41) is 12.9. The predicted octanol–water partition coefficient (Wildman–Crippen LogP) is 3.28. The Bertz CT molecular complexity index is 1020. The van der Waals surface area contributed by atoms with E-state index in [4.69, 9.17) is 0 Å². The molecule has 22 heavy (non-hydrogen) atoms. The molecule has 6 nitrogen and oxygen atoms in total. The van der Waals surface area contributed by atoms with Crippen molar-refractivity contribution < 1.29 is 4.92 Å². The third kappa shape index (κ3) is 1.68. The predicted molar refractivity (Wildman–Crippen MR) is 87.2 cm³/mol. The van der Waals surface area contributed by atoms with Crippen molar-refractivity contribution in [3.05, 3.63) is 49.2 Å². The Balaban J connectivity index is 2.29. The number of rotatable bonds is 1. The molecular formula is C15H12BrN3O3. The van der Waals surface area contributed by atoms with Gasteiger partial charge in [-0.25, -0.2) is 0 Å². The molecule has 1 aliphatic heterocycles. The minimum absolute atomic E-state index is 0.245. The maximum absolute atomic E-state index is 12.4. The van der Waals surface area contributed by atoms with E-state index < -0.39 is 10.5 Å². The van der Waals surface area contributed by atoms with E-state index in [0.717, 1.165) is 33.0 Å². The molecular weight excluding hydrogens is 350 g/mol. The number of nitrogens with zero attached hydrogens (tertiary/aromatic N) is 3. The van der Waals surface area contributed by atoms with Crippen molar-refractivity contribution >= 4 is 43.6 Å². The van der Waals surface area contributed by atoms with Gasteiger partial charge in [-0.1, -0.05) is 22.9 Å². The lowest BCUT2D eigenvalue weighted by Crippen LogP contribution is -2.31. The molecule has 0 aliphatic carbocycles. The van der Waals surface area contributed by atoms with Crippen molar-refractivity contribution in [2.45, 2.75) is 20.0 Å². The first-order valence-electron chi connectivity index (χ1n) is 6.97. The van der Waals surface area contributed by atoms with Crippen molar-refractivity contribution in [2.24, 2.45) is 5.92 Å². The lowest BCUT2D eigenvalue weighted by Gasteiger charge is -2.23. The lowest BCUT2D eigenvalue weighted by atomic mass is 10.1. The van der Waals surface area contributed by atoms with Crippen LogP contribution in [0.25, 0.3) is 21.9 Å². The molecule has 0 fully saturated rings. The second kappa shape index (κ2) is 4.42. The summed E-state index contributed by atoms with van der Waals surface area (Å²) in [4.78, 5) is 23.1. The van der Waals surface area contributed by atoms with Crippen LogP contribution in [-0.2, 0) is 13.1 Å². The van der Waals surface area contributed by atoms with Gasteiger partial charge < -0.3 is 4.57 Å². The topological polar surface area (TPSA) is 70.1 Å². The monoisotopic (exact) mass is 361 g/mol. The molecule has 112 valence electrons. The van der Waals surface area contributed by atoms with E-state index in [-0.39, 0.29) is 11.6 Å². The van der Waals surface area contributed by atoms with Gasteiger partial charge in [-0.2, -0.15) is 0 Å². The molecule has 2 aromatic heterocycles. The summed E-state index contributed by atoms with van der Waals surface area (Å²) in [6, 6.07) is 7.29. The van der Waals surface area contributed by atoms with Gasteiger partial charge >= 0.3 is 11.2 Å². The second-order valence-corrected chi connectivity index (χ2v) is 6.73. The standard InChI is InChI=1S/C15H12BrN3O3/c1-8-6-17-12-3-2-9(16)4-10(12)11-5-13(19(21)22)15(20)18(7-8)14(11)17/h2-5,8H,6-7H2,1H3/t8-/m0/s1. The Morgan fingerprint density at radius 1 is 1.23 bits per heavy atom. The van der Waals surface area contributed by atoms with E-state index in [1.54, 1.807) is 4.57 Å². The normalized spacial score (nSPS) is 17.3. The van der Waals surface area contributed by atoms with Crippen LogP contribution in [0, 0.1) is 16.0 Å². The van der Waals surface area contributed by atoms with Gasteiger partial charge in [0.25, 0.3) is 0 Å². The number of fused-ring (bicyclic) bond motifs is 3. The van der Waals surface area contributed by atoms with Crippen LogP contribution in [-0.4, -0.2) is 14.1 Å². The van der Waals surface area contributed by atoms with E-state index in [0.29, 0.717) is 6.54 Å². The summed E-state index contributed by atoms with van der Waals surface area (Å²) in [5.41, 5.74) is 0.896. The van der Waals surface area contributed by atoms with E-state index in [9.17, 15) is 14.9 Å². The SMILES string of the molecule is C[C@@H]1Cn2c(=O)c([N+](=O)[O-])cc3c4cc(Br)ccc4n(c32)C1. The highest BCUT2D eigenvalue weighted by atomic mass is 79.9. The van der Waals surface area contributed by atoms with Gasteiger partial charge in [-0.05, 0) is 24.1 Å². The highest BCUT2D eigenvalue weighted by Gasteiger charge is 2.27. The molecule has 1 aliphatic rings. The number of pyridine rings is 1. The quantitative estimate of drug-likeness (QED) is 0.493. The Kier molecular flexibility index (Phi) is 2.72. The molecule has 0 saturated heterocycles. The first-order chi connectivity index (χ1) is 10.5. The fourth-order valence-electron chi connectivity index (χ4n) is 3.37. The fourth-order valence-corrected chi connectivity index (χ4v) is 3.73. The minimum Gasteiger partial charge on any atom is -0.326 e. The molecule has 7 heteroatoms. The van der Waals surface area contributed by atoms with Crippen molar-refractivity contribution in [3.63, 3.8) is 0 Å². The molecule has 1 aromatic carbocycles. The molecule has 0 bridgehead atoms. The third-order valence-corrected chi connectivity index (χ3v) is 4.72. The molecule has 3 aromatic rings. The van der Waals surface area contributed by atoms with Gasteiger partial charge in [0.05, 0.1) is 10.4 Å². The zero-order chi connectivity index (χ0) is 15.6. The number of benzene rings is 1. The third-order valence-electron chi connectivity index (χ3n) is 4.22. The molecule has 0 radical (unpaired) electrons. The van der Waals surface area contributed by atoms with Gasteiger partial charge in [-0.15, -0.1) is 0 Å². The summed E-state index contributed by atoms with van der Waals surface area (Å²) in [6.45, 7) is 3.36. The van der Waals surface area contributed by atoms with Crippen LogP contribution in [0.15, 0.2) is 33.5 Å². The van der Waals surface area contributed by atoms with E-state index >= 15 is 0 Å². The number of aromatic nitrogens is 2. The highest BCUT2D eigenvalue weighted by molar-refractivity contribution is 9.10. The van der Waals surface area contributed by atoms with Gasteiger partial charge in [0.1, 0.15) is 5.65 Å². The summed E-state index contributed by atoms with van der Waals surface area (Å²) < 4.78 is 4.55. The highest BCUT2D eigenvalue weighted by Crippen LogP contribution is 2.34. The van der Waals surface area contributed by atoms with E-state index in [1.165, 1.54) is 6.07 Å². The molecule has 1 atom stereocenters. The van der Waals surface area contributed by atoms with Crippen molar-refractivity contribution in [1.29, 1.82) is 0 Å². The first-order valence-corrected chi connectivity index (χ1v) is 7.76. The summed E-state index contributed by atoms with van der Waals surface area (Å²) in [7, 11) is 0. The van der Waals surface area contributed by atoms with Gasteiger partial charge in [-0.3, -0.25) is 19.5 Å². The van der Waals surface area contributed by atoms with Crippen LogP contribution in [0.4, 0.5) is 5.69 Å². The Morgan fingerprint density at radius 2 is 1.95 bits per heavy atom. The van der Waals surface area contributed by atoms with Crippen LogP contribution in [0.3, 0.4) is 0 Å². The van der Waals surface area contributed by atoms with Crippen LogP contribution in [0.5, 0.6) is 0 Å². The zero-order valence-corrected chi connectivity index (χ0v) is 13.3. The summed E-state index contributed by atoms with van der Waals surface area (Å²) >= 11 is 3.45. The average molecular weight is 362 g/mol. The molecule has 3 heterocycles. The van der Waals surface area contributed by atoms with Gasteiger partial charge in [0, 0.05) is 34.4 Å². The molecule has 0 spiro atoms. The summed E-state index contributed by atoms with van der Waals surface area (Å²) in [5.74, 6) is 0.245. The maximum Gasteiger partial charge on any atom is 0.334 e. The van der Waals surface area contributed by atoms with Crippen molar-refractivity contribution in [3.8, 4) is 0 Å². The smallest absolute Gasteiger partial charge is 0.326 e. The number of hydrogen-bond donors (Lipinski definition) is 0. The van der Waals surface area contributed by atoms with Crippen molar-refractivity contribution in [2.75, 3.05) is 0 Å². The Hall–Kier alpha value is -2.15. The first kappa shape index (κ1) is 13.5. The van der Waals surface area contributed by atoms with E-state index in [1.807, 2.05) is 25.1 Å². The number of halogens is 1.